The molecule has 7 heteroatoms. The summed E-state index contributed by atoms with van der Waals surface area (Å²) in [5, 5.41) is 2.77. The molecule has 0 unspecified atom stereocenters. The van der Waals surface area contributed by atoms with E-state index in [1.54, 1.807) is 35.5 Å². The van der Waals surface area contributed by atoms with Gasteiger partial charge in [-0.2, -0.15) is 0 Å². The van der Waals surface area contributed by atoms with Crippen LogP contribution in [-0.4, -0.2) is 34.2 Å². The van der Waals surface area contributed by atoms with Gasteiger partial charge in [-0.1, -0.05) is 42.5 Å². The second-order valence-corrected chi connectivity index (χ2v) is 8.08. The number of anilines is 2. The van der Waals surface area contributed by atoms with Crippen LogP contribution in [0.4, 0.5) is 11.4 Å². The van der Waals surface area contributed by atoms with Gasteiger partial charge in [0.25, 0.3) is 0 Å². The lowest BCUT2D eigenvalue weighted by atomic mass is 10.1. The van der Waals surface area contributed by atoms with Crippen LogP contribution in [0.25, 0.3) is 0 Å². The summed E-state index contributed by atoms with van der Waals surface area (Å²) in [7, 11) is 0. The summed E-state index contributed by atoms with van der Waals surface area (Å²) < 4.78 is 0. The van der Waals surface area contributed by atoms with Crippen molar-refractivity contribution in [2.24, 2.45) is 0 Å². The highest BCUT2D eigenvalue weighted by atomic mass is 16.2. The predicted molar refractivity (Wildman–Crippen MR) is 126 cm³/mol. The fourth-order valence-corrected chi connectivity index (χ4v) is 3.90. The molecule has 0 spiro atoms. The van der Waals surface area contributed by atoms with Gasteiger partial charge >= 0.3 is 0 Å². The van der Waals surface area contributed by atoms with E-state index in [2.05, 4.69) is 10.3 Å². The van der Waals surface area contributed by atoms with Crippen molar-refractivity contribution in [1.82, 2.24) is 9.88 Å². The minimum atomic E-state index is -0.247. The van der Waals surface area contributed by atoms with Crippen LogP contribution in [0, 0.1) is 6.92 Å². The summed E-state index contributed by atoms with van der Waals surface area (Å²) in [4.78, 5) is 45.6. The van der Waals surface area contributed by atoms with Gasteiger partial charge in [-0.15, -0.1) is 0 Å². The first-order chi connectivity index (χ1) is 16.0. The molecule has 33 heavy (non-hydrogen) atoms. The van der Waals surface area contributed by atoms with Crippen molar-refractivity contribution in [3.63, 3.8) is 0 Å². The summed E-state index contributed by atoms with van der Waals surface area (Å²) in [6.45, 7) is 2.82. The summed E-state index contributed by atoms with van der Waals surface area (Å²) >= 11 is 0. The van der Waals surface area contributed by atoms with Gasteiger partial charge in [0.15, 0.2) is 0 Å². The molecule has 2 aromatic carbocycles. The number of hydrogen-bond acceptors (Lipinski definition) is 4. The zero-order valence-electron chi connectivity index (χ0n) is 18.5. The Morgan fingerprint density at radius 1 is 1.00 bits per heavy atom. The van der Waals surface area contributed by atoms with Crippen LogP contribution >= 0.6 is 0 Å². The first-order valence-electron chi connectivity index (χ1n) is 10.9. The first-order valence-corrected chi connectivity index (χ1v) is 10.9. The Kier molecular flexibility index (Phi) is 6.78. The average Bonchev–Trinajstić information content (AvgIpc) is 2.83. The van der Waals surface area contributed by atoms with Crippen molar-refractivity contribution in [3.05, 3.63) is 89.7 Å². The highest BCUT2D eigenvalue weighted by molar-refractivity contribution is 6.10. The molecule has 4 rings (SSSR count). The Labute approximate surface area is 193 Å². The molecule has 1 aliphatic rings. The van der Waals surface area contributed by atoms with Crippen molar-refractivity contribution < 1.29 is 14.4 Å². The number of aromatic nitrogens is 1. The molecule has 3 amide bonds. The van der Waals surface area contributed by atoms with E-state index in [4.69, 9.17) is 0 Å². The molecule has 1 aromatic heterocycles. The monoisotopic (exact) mass is 442 g/mol. The number of nitrogens with one attached hydrogen (secondary N) is 1. The van der Waals surface area contributed by atoms with Crippen molar-refractivity contribution in [2.45, 2.75) is 32.9 Å². The third kappa shape index (κ3) is 5.44. The second-order valence-electron chi connectivity index (χ2n) is 8.08. The second kappa shape index (κ2) is 10.1. The summed E-state index contributed by atoms with van der Waals surface area (Å²) in [6, 6.07) is 18.9. The number of amides is 3. The van der Waals surface area contributed by atoms with Crippen molar-refractivity contribution in [3.8, 4) is 0 Å². The van der Waals surface area contributed by atoms with Crippen LogP contribution in [0.2, 0.25) is 0 Å². The molecule has 1 N–H and O–H groups in total. The fourth-order valence-electron chi connectivity index (χ4n) is 3.90. The number of fused-ring (bicyclic) bond motifs is 1. The lowest BCUT2D eigenvalue weighted by molar-refractivity contribution is -0.134. The number of carbonyl (C=O) groups is 3. The van der Waals surface area contributed by atoms with Crippen LogP contribution in [0.1, 0.15) is 29.5 Å². The first kappa shape index (κ1) is 22.2. The van der Waals surface area contributed by atoms with Crippen LogP contribution in [0.5, 0.6) is 0 Å². The maximum absolute atomic E-state index is 13.2. The van der Waals surface area contributed by atoms with Gasteiger partial charge in [-0.05, 0) is 41.8 Å². The Hall–Kier alpha value is -4.00. The van der Waals surface area contributed by atoms with Gasteiger partial charge in [-0.3, -0.25) is 19.4 Å². The highest BCUT2D eigenvalue weighted by Crippen LogP contribution is 2.29. The van der Waals surface area contributed by atoms with E-state index in [1.807, 2.05) is 49.4 Å². The average molecular weight is 443 g/mol. The Morgan fingerprint density at radius 2 is 1.79 bits per heavy atom. The normalized spacial score (nSPS) is 12.6. The van der Waals surface area contributed by atoms with E-state index in [1.165, 1.54) is 4.90 Å². The Balaban J connectivity index is 1.47. The maximum atomic E-state index is 13.2. The number of aryl methyl sites for hydroxylation is 1. The lowest BCUT2D eigenvalue weighted by Gasteiger charge is -2.29. The molecule has 0 fully saturated rings. The number of pyridine rings is 1. The zero-order valence-corrected chi connectivity index (χ0v) is 18.5. The summed E-state index contributed by atoms with van der Waals surface area (Å²) in [6.07, 6.45) is 3.53. The Morgan fingerprint density at radius 3 is 2.58 bits per heavy atom. The molecule has 7 nitrogen and oxygen atoms in total. The molecule has 168 valence electrons. The lowest BCUT2D eigenvalue weighted by Crippen LogP contribution is -2.42. The molecule has 0 aliphatic carbocycles. The minimum Gasteiger partial charge on any atom is -0.334 e. The van der Waals surface area contributed by atoms with Gasteiger partial charge in [0.05, 0.1) is 11.4 Å². The zero-order chi connectivity index (χ0) is 23.2. The summed E-state index contributed by atoms with van der Waals surface area (Å²) in [5.41, 5.74) is 4.34. The fraction of sp³-hybridized carbons (Fsp3) is 0.231. The number of para-hydroxylation sites is 2. The molecular formula is C26H26N4O3. The van der Waals surface area contributed by atoms with E-state index >= 15 is 0 Å². The third-order valence-electron chi connectivity index (χ3n) is 5.70. The van der Waals surface area contributed by atoms with Crippen LogP contribution in [0.15, 0.2) is 73.1 Å². The maximum Gasteiger partial charge on any atom is 0.244 e. The molecule has 0 atom stereocenters. The van der Waals surface area contributed by atoms with E-state index in [0.29, 0.717) is 24.5 Å². The standard InChI is InChI=1S/C26H26N4O3/c1-19-7-2-3-9-21(19)17-29(16-20-8-6-14-27-15-20)25(32)12-13-26(33)30-18-24(31)28-22-10-4-5-11-23(22)30/h2-11,14-15H,12-13,16-18H2,1H3,(H,28,31). The molecule has 0 saturated carbocycles. The van der Waals surface area contributed by atoms with Crippen molar-refractivity contribution in [2.75, 3.05) is 16.8 Å². The van der Waals surface area contributed by atoms with Gasteiger partial charge in [0.2, 0.25) is 17.7 Å². The molecule has 1 aliphatic heterocycles. The third-order valence-corrected chi connectivity index (χ3v) is 5.70. The number of hydrogen-bond donors (Lipinski definition) is 1. The van der Waals surface area contributed by atoms with Crippen molar-refractivity contribution >= 4 is 29.1 Å². The van der Waals surface area contributed by atoms with Gasteiger partial charge in [0, 0.05) is 38.3 Å². The van der Waals surface area contributed by atoms with E-state index in [9.17, 15) is 14.4 Å². The smallest absolute Gasteiger partial charge is 0.244 e. The quantitative estimate of drug-likeness (QED) is 0.605. The van der Waals surface area contributed by atoms with E-state index in [-0.39, 0.29) is 37.1 Å². The van der Waals surface area contributed by atoms with E-state index in [0.717, 1.165) is 16.7 Å². The molecular weight excluding hydrogens is 416 g/mol. The number of rotatable bonds is 7. The van der Waals surface area contributed by atoms with Gasteiger partial charge < -0.3 is 15.1 Å². The highest BCUT2D eigenvalue weighted by Gasteiger charge is 2.27. The van der Waals surface area contributed by atoms with Gasteiger partial charge in [-0.25, -0.2) is 0 Å². The summed E-state index contributed by atoms with van der Waals surface area (Å²) in [5.74, 6) is -0.612. The molecule has 0 saturated heterocycles. The number of carbonyl (C=O) groups excluding carboxylic acids is 3. The van der Waals surface area contributed by atoms with Crippen LogP contribution in [-0.2, 0) is 27.5 Å². The molecule has 3 aromatic rings. The van der Waals surface area contributed by atoms with Crippen molar-refractivity contribution in [1.29, 1.82) is 0 Å². The Bertz CT molecular complexity index is 1160. The largest absolute Gasteiger partial charge is 0.334 e. The van der Waals surface area contributed by atoms with Crippen LogP contribution in [0.3, 0.4) is 0 Å². The van der Waals surface area contributed by atoms with Gasteiger partial charge in [0.1, 0.15) is 6.54 Å². The van der Waals surface area contributed by atoms with Crippen LogP contribution < -0.4 is 10.2 Å². The predicted octanol–water partition coefficient (Wildman–Crippen LogP) is 3.68. The number of nitrogens with zero attached hydrogens (tertiary/aromatic N) is 3. The SMILES string of the molecule is Cc1ccccc1CN(Cc1cccnc1)C(=O)CCC(=O)N1CC(=O)Nc2ccccc21. The molecule has 2 heterocycles. The van der Waals surface area contributed by atoms with E-state index < -0.39 is 0 Å². The minimum absolute atomic E-state index is 0.0256. The molecule has 0 bridgehead atoms. The topological polar surface area (TPSA) is 82.6 Å². The number of benzene rings is 2. The molecule has 0 radical (unpaired) electrons.